The summed E-state index contributed by atoms with van der Waals surface area (Å²) in [4.78, 5) is 26.1. The molecule has 1 aromatic carbocycles. The van der Waals surface area contributed by atoms with Crippen LogP contribution in [-0.2, 0) is 31.4 Å². The van der Waals surface area contributed by atoms with Crippen LogP contribution < -0.4 is 15.6 Å². The number of aromatic amines is 1. The van der Waals surface area contributed by atoms with Gasteiger partial charge in [0.25, 0.3) is 5.56 Å². The van der Waals surface area contributed by atoms with E-state index < -0.39 is 0 Å². The van der Waals surface area contributed by atoms with Crippen molar-refractivity contribution in [3.8, 4) is 5.75 Å². The van der Waals surface area contributed by atoms with Crippen LogP contribution in [0.3, 0.4) is 0 Å². The first kappa shape index (κ1) is 17.3. The molecule has 0 saturated carbocycles. The minimum Gasteiger partial charge on any atom is -0.494 e. The second-order valence-corrected chi connectivity index (χ2v) is 6.24. The van der Waals surface area contributed by atoms with Gasteiger partial charge in [-0.25, -0.2) is 0 Å². The molecule has 0 radical (unpaired) electrons. The first-order chi connectivity index (χ1) is 12.1. The number of nitrogens with zero attached hydrogens (tertiary/aromatic N) is 2. The SMILES string of the molecule is CCOc1cccc(CNC(=O)CN2CCc3c(n(C)[nH]c3=O)C2)c1. The van der Waals surface area contributed by atoms with Gasteiger partial charge in [-0.05, 0) is 31.0 Å². The molecule has 1 aromatic heterocycles. The zero-order chi connectivity index (χ0) is 17.8. The molecule has 3 rings (SSSR count). The van der Waals surface area contributed by atoms with Crippen LogP contribution in [0.1, 0.15) is 23.7 Å². The predicted molar refractivity (Wildman–Crippen MR) is 94.5 cm³/mol. The molecule has 0 bridgehead atoms. The minimum atomic E-state index is -0.0224. The summed E-state index contributed by atoms with van der Waals surface area (Å²) in [5.41, 5.74) is 2.80. The fraction of sp³-hybridized carbons (Fsp3) is 0.444. The number of H-pyrrole nitrogens is 1. The maximum atomic E-state index is 12.2. The number of hydrogen-bond acceptors (Lipinski definition) is 4. The van der Waals surface area contributed by atoms with Crippen molar-refractivity contribution in [2.24, 2.45) is 7.05 Å². The van der Waals surface area contributed by atoms with Gasteiger partial charge in [-0.2, -0.15) is 0 Å². The van der Waals surface area contributed by atoms with E-state index in [9.17, 15) is 9.59 Å². The summed E-state index contributed by atoms with van der Waals surface area (Å²) < 4.78 is 7.22. The third-order valence-electron chi connectivity index (χ3n) is 4.41. The number of fused-ring (bicyclic) bond motifs is 1. The van der Waals surface area contributed by atoms with Crippen LogP contribution >= 0.6 is 0 Å². The molecular formula is C18H24N4O3. The summed E-state index contributed by atoms with van der Waals surface area (Å²) in [5, 5.41) is 5.72. The van der Waals surface area contributed by atoms with E-state index in [2.05, 4.69) is 15.3 Å². The van der Waals surface area contributed by atoms with Crippen molar-refractivity contribution in [3.05, 3.63) is 51.4 Å². The highest BCUT2D eigenvalue weighted by atomic mass is 16.5. The largest absolute Gasteiger partial charge is 0.494 e. The van der Waals surface area contributed by atoms with Crippen molar-refractivity contribution in [3.63, 3.8) is 0 Å². The van der Waals surface area contributed by atoms with E-state index in [1.54, 1.807) is 4.68 Å². The Balaban J connectivity index is 1.52. The second kappa shape index (κ2) is 7.57. The zero-order valence-corrected chi connectivity index (χ0v) is 14.7. The van der Waals surface area contributed by atoms with Crippen LogP contribution in [0.25, 0.3) is 0 Å². The maximum absolute atomic E-state index is 12.2. The highest BCUT2D eigenvalue weighted by Gasteiger charge is 2.23. The monoisotopic (exact) mass is 344 g/mol. The van der Waals surface area contributed by atoms with Gasteiger partial charge in [0.2, 0.25) is 5.91 Å². The van der Waals surface area contributed by atoms with Crippen LogP contribution in [-0.4, -0.2) is 40.3 Å². The molecule has 1 aliphatic rings. The highest BCUT2D eigenvalue weighted by Crippen LogP contribution is 2.15. The highest BCUT2D eigenvalue weighted by molar-refractivity contribution is 5.78. The number of rotatable bonds is 6. The quantitative estimate of drug-likeness (QED) is 0.812. The molecule has 7 heteroatoms. The van der Waals surface area contributed by atoms with Crippen LogP contribution in [0, 0.1) is 0 Å². The molecule has 0 unspecified atom stereocenters. The van der Waals surface area contributed by atoms with Gasteiger partial charge >= 0.3 is 0 Å². The van der Waals surface area contributed by atoms with Crippen LogP contribution in [0.4, 0.5) is 0 Å². The van der Waals surface area contributed by atoms with Gasteiger partial charge in [0.05, 0.1) is 18.8 Å². The number of aromatic nitrogens is 2. The second-order valence-electron chi connectivity index (χ2n) is 6.24. The Labute approximate surface area is 146 Å². The summed E-state index contributed by atoms with van der Waals surface area (Å²) in [7, 11) is 1.83. The van der Waals surface area contributed by atoms with Gasteiger partial charge in [-0.3, -0.25) is 24.3 Å². The number of aryl methyl sites for hydroxylation is 1. The van der Waals surface area contributed by atoms with Crippen molar-refractivity contribution >= 4 is 5.91 Å². The molecule has 134 valence electrons. The van der Waals surface area contributed by atoms with E-state index in [-0.39, 0.29) is 11.5 Å². The van der Waals surface area contributed by atoms with E-state index in [1.165, 1.54) is 0 Å². The number of carbonyl (C=O) groups is 1. The molecule has 0 fully saturated rings. The lowest BCUT2D eigenvalue weighted by Crippen LogP contribution is -2.40. The lowest BCUT2D eigenvalue weighted by molar-refractivity contribution is -0.122. The summed E-state index contributed by atoms with van der Waals surface area (Å²) in [6.07, 6.45) is 0.676. The molecular weight excluding hydrogens is 320 g/mol. The molecule has 0 spiro atoms. The van der Waals surface area contributed by atoms with Gasteiger partial charge in [-0.15, -0.1) is 0 Å². The first-order valence-corrected chi connectivity index (χ1v) is 8.54. The van der Waals surface area contributed by atoms with Gasteiger partial charge < -0.3 is 10.1 Å². The molecule has 1 aliphatic heterocycles. The maximum Gasteiger partial charge on any atom is 0.267 e. The number of benzene rings is 1. The summed E-state index contributed by atoms with van der Waals surface area (Å²) in [6.45, 7) is 4.68. The molecule has 7 nitrogen and oxygen atoms in total. The topological polar surface area (TPSA) is 79.4 Å². The van der Waals surface area contributed by atoms with E-state index >= 15 is 0 Å². The van der Waals surface area contributed by atoms with E-state index in [0.29, 0.717) is 39.2 Å². The average Bonchev–Trinajstić information content (AvgIpc) is 2.88. The van der Waals surface area contributed by atoms with E-state index in [1.807, 2.05) is 38.2 Å². The van der Waals surface area contributed by atoms with Crippen LogP contribution in [0.2, 0.25) is 0 Å². The van der Waals surface area contributed by atoms with Crippen molar-refractivity contribution in [2.45, 2.75) is 26.4 Å². The number of amides is 1. The molecule has 25 heavy (non-hydrogen) atoms. The van der Waals surface area contributed by atoms with Crippen LogP contribution in [0.15, 0.2) is 29.1 Å². The average molecular weight is 344 g/mol. The van der Waals surface area contributed by atoms with Gasteiger partial charge in [0.1, 0.15) is 5.75 Å². The molecule has 0 aliphatic carbocycles. The Morgan fingerprint density at radius 1 is 1.40 bits per heavy atom. The first-order valence-electron chi connectivity index (χ1n) is 8.54. The molecule has 1 amide bonds. The molecule has 2 aromatic rings. The summed E-state index contributed by atoms with van der Waals surface area (Å²) in [6, 6.07) is 7.73. The number of nitrogens with one attached hydrogen (secondary N) is 2. The van der Waals surface area contributed by atoms with E-state index in [0.717, 1.165) is 22.6 Å². The third kappa shape index (κ3) is 4.11. The normalized spacial score (nSPS) is 14.2. The van der Waals surface area contributed by atoms with Crippen molar-refractivity contribution in [2.75, 3.05) is 19.7 Å². The zero-order valence-electron chi connectivity index (χ0n) is 14.7. The Morgan fingerprint density at radius 3 is 3.04 bits per heavy atom. The fourth-order valence-corrected chi connectivity index (χ4v) is 3.15. The third-order valence-corrected chi connectivity index (χ3v) is 4.41. The summed E-state index contributed by atoms with van der Waals surface area (Å²) >= 11 is 0. The van der Waals surface area contributed by atoms with Gasteiger partial charge in [0.15, 0.2) is 0 Å². The lowest BCUT2D eigenvalue weighted by atomic mass is 10.1. The fourth-order valence-electron chi connectivity index (χ4n) is 3.15. The van der Waals surface area contributed by atoms with Crippen molar-refractivity contribution in [1.82, 2.24) is 20.0 Å². The molecule has 2 heterocycles. The minimum absolute atomic E-state index is 0.0178. The lowest BCUT2D eigenvalue weighted by Gasteiger charge is -2.26. The number of carbonyl (C=O) groups excluding carboxylic acids is 1. The molecule has 2 N–H and O–H groups in total. The predicted octanol–water partition coefficient (Wildman–Crippen LogP) is 0.787. The summed E-state index contributed by atoms with van der Waals surface area (Å²) in [5.74, 6) is 0.789. The molecule has 0 saturated heterocycles. The van der Waals surface area contributed by atoms with Crippen molar-refractivity contribution in [1.29, 1.82) is 0 Å². The number of ether oxygens (including phenoxy) is 1. The Hall–Kier alpha value is -2.54. The van der Waals surface area contributed by atoms with Gasteiger partial charge in [-0.1, -0.05) is 12.1 Å². The smallest absolute Gasteiger partial charge is 0.267 e. The van der Waals surface area contributed by atoms with Gasteiger partial charge in [0, 0.05) is 32.2 Å². The van der Waals surface area contributed by atoms with Crippen LogP contribution in [0.5, 0.6) is 5.75 Å². The Kier molecular flexibility index (Phi) is 5.23. The Bertz CT molecular complexity index is 809. The Morgan fingerprint density at radius 2 is 2.24 bits per heavy atom. The molecule has 0 atom stereocenters. The number of hydrogen-bond donors (Lipinski definition) is 2. The van der Waals surface area contributed by atoms with E-state index in [4.69, 9.17) is 4.74 Å². The van der Waals surface area contributed by atoms with Crippen molar-refractivity contribution < 1.29 is 9.53 Å². The standard InChI is InChI=1S/C18H24N4O3/c1-3-25-14-6-4-5-13(9-14)10-19-17(23)12-22-8-7-15-16(11-22)21(2)20-18(15)24/h4-6,9H,3,7-8,10-12H2,1-2H3,(H,19,23)(H,20,24).